The summed E-state index contributed by atoms with van der Waals surface area (Å²) in [5.74, 6) is 0.166. The molecule has 1 unspecified atom stereocenters. The second-order valence-corrected chi connectivity index (χ2v) is 7.82. The molecular weight excluding hydrogens is 398 g/mol. The van der Waals surface area contributed by atoms with Crippen LogP contribution in [0, 0.1) is 6.92 Å². The third-order valence-corrected chi connectivity index (χ3v) is 5.47. The lowest BCUT2D eigenvalue weighted by Crippen LogP contribution is -2.25. The Hall–Kier alpha value is -2.51. The summed E-state index contributed by atoms with van der Waals surface area (Å²) in [5.41, 5.74) is 2.70. The molecule has 2 aromatic carbocycles. The molecule has 2 aromatic rings. The smallest absolute Gasteiger partial charge is 0.241 e. The molecule has 0 aliphatic carbocycles. The summed E-state index contributed by atoms with van der Waals surface area (Å²) >= 11 is 7.51. The molecule has 0 fully saturated rings. The molecule has 146 valence electrons. The number of halogens is 1. The lowest BCUT2D eigenvalue weighted by molar-refractivity contribution is -0.129. The van der Waals surface area contributed by atoms with Crippen molar-refractivity contribution in [3.63, 3.8) is 0 Å². The van der Waals surface area contributed by atoms with Crippen LogP contribution >= 0.6 is 23.4 Å². The lowest BCUT2D eigenvalue weighted by Gasteiger charge is -2.22. The molecule has 0 saturated carbocycles. The van der Waals surface area contributed by atoms with Gasteiger partial charge >= 0.3 is 0 Å². The number of aryl methyl sites for hydroxylation is 1. The maximum absolute atomic E-state index is 12.1. The van der Waals surface area contributed by atoms with Crippen LogP contribution in [0.1, 0.15) is 35.9 Å². The Morgan fingerprint density at radius 1 is 1.25 bits per heavy atom. The van der Waals surface area contributed by atoms with Gasteiger partial charge in [-0.1, -0.05) is 53.2 Å². The average Bonchev–Trinajstić information content (AvgIpc) is 3.05. The van der Waals surface area contributed by atoms with Crippen molar-refractivity contribution in [2.45, 2.75) is 32.8 Å². The minimum Gasteiger partial charge on any atom is -0.488 e. The zero-order valence-electron chi connectivity index (χ0n) is 15.7. The van der Waals surface area contributed by atoms with Crippen molar-refractivity contribution in [2.75, 3.05) is 0 Å². The second-order valence-electron chi connectivity index (χ2n) is 6.34. The minimum absolute atomic E-state index is 0.226. The van der Waals surface area contributed by atoms with Crippen LogP contribution in [0.15, 0.2) is 47.6 Å². The number of hydrazone groups is 1. The van der Waals surface area contributed by atoms with Gasteiger partial charge in [0, 0.05) is 30.0 Å². The van der Waals surface area contributed by atoms with E-state index in [-0.39, 0.29) is 11.8 Å². The molecule has 2 amide bonds. The first-order valence-corrected chi connectivity index (χ1v) is 9.90. The van der Waals surface area contributed by atoms with Crippen molar-refractivity contribution in [1.29, 1.82) is 0 Å². The first kappa shape index (κ1) is 20.2. The summed E-state index contributed by atoms with van der Waals surface area (Å²) in [6, 6.07) is 13.3. The Balaban J connectivity index is 1.88. The maximum atomic E-state index is 12.1. The van der Waals surface area contributed by atoms with Crippen molar-refractivity contribution >= 4 is 40.3 Å². The molecule has 1 atom stereocenters. The molecule has 1 N–H and O–H groups in total. The molecule has 0 spiro atoms. The van der Waals surface area contributed by atoms with Gasteiger partial charge in [0.25, 0.3) is 0 Å². The number of carbonyl (C=O) groups is 2. The van der Waals surface area contributed by atoms with Crippen LogP contribution in [-0.2, 0) is 16.2 Å². The Morgan fingerprint density at radius 2 is 2.00 bits per heavy atom. The van der Waals surface area contributed by atoms with E-state index in [2.05, 4.69) is 10.4 Å². The van der Waals surface area contributed by atoms with Crippen LogP contribution in [0.4, 0.5) is 0 Å². The SMILES string of the molecule is CC(=O)NC1=NN(C(C)=O)C(c2cc(C)ccc2OCc2ccccc2Cl)S1. The number of amides is 2. The molecule has 1 aliphatic heterocycles. The summed E-state index contributed by atoms with van der Waals surface area (Å²) in [7, 11) is 0. The highest BCUT2D eigenvalue weighted by atomic mass is 35.5. The maximum Gasteiger partial charge on any atom is 0.241 e. The highest BCUT2D eigenvalue weighted by molar-refractivity contribution is 8.14. The number of nitrogens with one attached hydrogen (secondary N) is 1. The molecule has 1 aliphatic rings. The minimum atomic E-state index is -0.430. The van der Waals surface area contributed by atoms with Crippen molar-refractivity contribution < 1.29 is 14.3 Å². The Labute approximate surface area is 172 Å². The van der Waals surface area contributed by atoms with E-state index in [1.807, 2.05) is 49.4 Å². The Bertz CT molecular complexity index is 948. The highest BCUT2D eigenvalue weighted by Crippen LogP contribution is 2.43. The normalized spacial score (nSPS) is 15.9. The molecule has 28 heavy (non-hydrogen) atoms. The Morgan fingerprint density at radius 3 is 2.68 bits per heavy atom. The van der Waals surface area contributed by atoms with Gasteiger partial charge in [0.05, 0.1) is 0 Å². The number of rotatable bonds is 4. The third kappa shape index (κ3) is 4.66. The molecule has 8 heteroatoms. The Kier molecular flexibility index (Phi) is 6.26. The fourth-order valence-electron chi connectivity index (χ4n) is 2.73. The van der Waals surface area contributed by atoms with Crippen LogP contribution < -0.4 is 10.1 Å². The number of benzene rings is 2. The van der Waals surface area contributed by atoms with Gasteiger partial charge in [-0.05, 0) is 25.1 Å². The van der Waals surface area contributed by atoms with Crippen molar-refractivity contribution in [3.05, 3.63) is 64.2 Å². The number of hydrogen-bond donors (Lipinski definition) is 1. The quantitative estimate of drug-likeness (QED) is 0.808. The fourth-order valence-corrected chi connectivity index (χ4v) is 4.07. The van der Waals surface area contributed by atoms with Gasteiger partial charge in [0.1, 0.15) is 17.7 Å². The van der Waals surface area contributed by atoms with E-state index in [9.17, 15) is 9.59 Å². The summed E-state index contributed by atoms with van der Waals surface area (Å²) in [4.78, 5) is 23.5. The predicted molar refractivity (Wildman–Crippen MR) is 111 cm³/mol. The van der Waals surface area contributed by atoms with Gasteiger partial charge in [0.2, 0.25) is 11.8 Å². The molecule has 0 saturated heterocycles. The van der Waals surface area contributed by atoms with Crippen molar-refractivity contribution in [1.82, 2.24) is 10.3 Å². The van der Waals surface area contributed by atoms with E-state index in [1.165, 1.54) is 30.6 Å². The topological polar surface area (TPSA) is 71.0 Å². The molecule has 0 aromatic heterocycles. The highest BCUT2D eigenvalue weighted by Gasteiger charge is 2.34. The van der Waals surface area contributed by atoms with Crippen LogP contribution in [0.25, 0.3) is 0 Å². The third-order valence-electron chi connectivity index (χ3n) is 4.02. The predicted octanol–water partition coefficient (Wildman–Crippen LogP) is 4.23. The van der Waals surface area contributed by atoms with Gasteiger partial charge < -0.3 is 10.1 Å². The summed E-state index contributed by atoms with van der Waals surface area (Å²) < 4.78 is 6.04. The van der Waals surface area contributed by atoms with Crippen LogP contribution in [-0.4, -0.2) is 22.0 Å². The monoisotopic (exact) mass is 417 g/mol. The second kappa shape index (κ2) is 8.67. The number of nitrogens with zero attached hydrogens (tertiary/aromatic N) is 2. The zero-order valence-corrected chi connectivity index (χ0v) is 17.3. The van der Waals surface area contributed by atoms with Gasteiger partial charge in [-0.3, -0.25) is 9.59 Å². The lowest BCUT2D eigenvalue weighted by atomic mass is 10.1. The first-order chi connectivity index (χ1) is 13.3. The molecule has 0 bridgehead atoms. The number of hydrogen-bond acceptors (Lipinski definition) is 5. The number of ether oxygens (including phenoxy) is 1. The standard InChI is InChI=1S/C20H20ClN3O3S/c1-12-8-9-18(27-11-15-6-4-5-7-17(15)21)16(10-12)19-24(14(3)26)23-20(28-19)22-13(2)25/h4-10,19H,11H2,1-3H3,(H,22,23,25). The molecule has 1 heterocycles. The first-order valence-electron chi connectivity index (χ1n) is 8.64. The van der Waals surface area contributed by atoms with Gasteiger partial charge in [-0.15, -0.1) is 5.10 Å². The molecule has 6 nitrogen and oxygen atoms in total. The van der Waals surface area contributed by atoms with Crippen LogP contribution in [0.2, 0.25) is 5.02 Å². The molecule has 3 rings (SSSR count). The molecular formula is C20H20ClN3O3S. The van der Waals surface area contributed by atoms with Gasteiger partial charge in [-0.2, -0.15) is 0 Å². The molecule has 0 radical (unpaired) electrons. The van der Waals surface area contributed by atoms with E-state index in [4.69, 9.17) is 16.3 Å². The average molecular weight is 418 g/mol. The summed E-state index contributed by atoms with van der Waals surface area (Å²) in [6.45, 7) is 5.11. The van der Waals surface area contributed by atoms with Crippen molar-refractivity contribution in [3.8, 4) is 5.75 Å². The van der Waals surface area contributed by atoms with Gasteiger partial charge in [-0.25, -0.2) is 5.01 Å². The number of carbonyl (C=O) groups excluding carboxylic acids is 2. The van der Waals surface area contributed by atoms with Crippen LogP contribution in [0.3, 0.4) is 0 Å². The van der Waals surface area contributed by atoms with Gasteiger partial charge in [0.15, 0.2) is 5.17 Å². The number of amidine groups is 1. The largest absolute Gasteiger partial charge is 0.488 e. The fraction of sp³-hybridized carbons (Fsp3) is 0.250. The van der Waals surface area contributed by atoms with E-state index in [1.54, 1.807) is 0 Å². The van der Waals surface area contributed by atoms with Crippen LogP contribution in [0.5, 0.6) is 5.75 Å². The van der Waals surface area contributed by atoms with Crippen molar-refractivity contribution in [2.24, 2.45) is 5.10 Å². The van der Waals surface area contributed by atoms with E-state index in [0.29, 0.717) is 22.5 Å². The van der Waals surface area contributed by atoms with E-state index >= 15 is 0 Å². The zero-order chi connectivity index (χ0) is 20.3. The summed E-state index contributed by atoms with van der Waals surface area (Å²) in [6.07, 6.45) is 0. The van der Waals surface area contributed by atoms with E-state index < -0.39 is 5.37 Å². The summed E-state index contributed by atoms with van der Waals surface area (Å²) in [5, 5.41) is 8.83. The van der Waals surface area contributed by atoms with E-state index in [0.717, 1.165) is 16.7 Å². The number of thioether (sulfide) groups is 1.